The largest absolute Gasteiger partial charge is 0.392 e. The van der Waals surface area contributed by atoms with E-state index in [1.807, 2.05) is 11.8 Å². The highest BCUT2D eigenvalue weighted by Gasteiger charge is 2.28. The van der Waals surface area contributed by atoms with E-state index in [4.69, 9.17) is 0 Å². The van der Waals surface area contributed by atoms with Gasteiger partial charge >= 0.3 is 0 Å². The Morgan fingerprint density at radius 3 is 2.80 bits per heavy atom. The molecular weight excluding hydrogens is 144 g/mol. The van der Waals surface area contributed by atoms with Gasteiger partial charge in [0.1, 0.15) is 0 Å². The fourth-order valence-electron chi connectivity index (χ4n) is 0.965. The Morgan fingerprint density at radius 1 is 1.60 bits per heavy atom. The van der Waals surface area contributed by atoms with E-state index in [9.17, 15) is 5.11 Å². The van der Waals surface area contributed by atoms with Crippen molar-refractivity contribution in [2.45, 2.75) is 32.3 Å². The van der Waals surface area contributed by atoms with E-state index in [0.717, 1.165) is 5.75 Å². The van der Waals surface area contributed by atoms with Gasteiger partial charge in [-0.3, -0.25) is 0 Å². The maximum absolute atomic E-state index is 9.39. The molecule has 10 heavy (non-hydrogen) atoms. The number of aliphatic hydroxyl groups is 1. The van der Waals surface area contributed by atoms with Crippen LogP contribution in [0.5, 0.6) is 0 Å². The lowest BCUT2D eigenvalue weighted by Crippen LogP contribution is -2.12. The number of hydrogen-bond acceptors (Lipinski definition) is 2. The molecule has 1 rings (SSSR count). The molecule has 0 amide bonds. The summed E-state index contributed by atoms with van der Waals surface area (Å²) in [4.78, 5) is 0. The van der Waals surface area contributed by atoms with Crippen molar-refractivity contribution in [3.8, 4) is 0 Å². The van der Waals surface area contributed by atoms with Gasteiger partial charge in [0.25, 0.3) is 0 Å². The van der Waals surface area contributed by atoms with E-state index in [2.05, 4.69) is 6.92 Å². The van der Waals surface area contributed by atoms with E-state index in [1.165, 1.54) is 25.0 Å². The molecule has 1 saturated carbocycles. The van der Waals surface area contributed by atoms with Gasteiger partial charge in [-0.2, -0.15) is 11.8 Å². The predicted octanol–water partition coefficient (Wildman–Crippen LogP) is 1.90. The maximum atomic E-state index is 9.39. The van der Waals surface area contributed by atoms with Crippen molar-refractivity contribution < 1.29 is 5.11 Å². The molecule has 1 aliphatic carbocycles. The van der Waals surface area contributed by atoms with Crippen molar-refractivity contribution in [3.63, 3.8) is 0 Å². The zero-order valence-corrected chi connectivity index (χ0v) is 7.36. The van der Waals surface area contributed by atoms with E-state index < -0.39 is 0 Å². The summed E-state index contributed by atoms with van der Waals surface area (Å²) in [7, 11) is 0. The molecule has 60 valence electrons. The predicted molar refractivity (Wildman–Crippen MR) is 46.3 cm³/mol. The summed E-state index contributed by atoms with van der Waals surface area (Å²) in [5.74, 6) is 2.81. The van der Waals surface area contributed by atoms with E-state index in [1.54, 1.807) is 0 Å². The summed E-state index contributed by atoms with van der Waals surface area (Å²) in [6.07, 6.45) is 3.74. The van der Waals surface area contributed by atoms with Gasteiger partial charge in [0.05, 0.1) is 6.10 Å². The summed E-state index contributed by atoms with van der Waals surface area (Å²) in [5.41, 5.74) is 0. The molecule has 1 nitrogen and oxygen atoms in total. The molecule has 0 aromatic rings. The first-order chi connectivity index (χ1) is 4.84. The van der Waals surface area contributed by atoms with Crippen LogP contribution in [0.4, 0.5) is 0 Å². The molecule has 1 unspecified atom stereocenters. The van der Waals surface area contributed by atoms with Gasteiger partial charge in [0.2, 0.25) is 0 Å². The van der Waals surface area contributed by atoms with Gasteiger partial charge in [-0.25, -0.2) is 0 Å². The SMILES string of the molecule is CCCSCC(O)C1CC1. The molecule has 0 radical (unpaired) electrons. The topological polar surface area (TPSA) is 20.2 Å². The summed E-state index contributed by atoms with van der Waals surface area (Å²) in [6.45, 7) is 2.18. The molecule has 0 aliphatic heterocycles. The Labute approximate surface area is 67.2 Å². The highest BCUT2D eigenvalue weighted by atomic mass is 32.2. The molecule has 1 atom stereocenters. The molecule has 0 aromatic carbocycles. The molecule has 1 aliphatic rings. The number of rotatable bonds is 5. The number of hydrogen-bond donors (Lipinski definition) is 1. The summed E-state index contributed by atoms with van der Waals surface area (Å²) >= 11 is 1.88. The first-order valence-electron chi connectivity index (χ1n) is 4.10. The normalized spacial score (nSPS) is 21.0. The van der Waals surface area contributed by atoms with Crippen molar-refractivity contribution in [1.29, 1.82) is 0 Å². The zero-order valence-electron chi connectivity index (χ0n) is 6.55. The monoisotopic (exact) mass is 160 g/mol. The van der Waals surface area contributed by atoms with Crippen molar-refractivity contribution >= 4 is 11.8 Å². The lowest BCUT2D eigenvalue weighted by molar-refractivity contribution is 0.176. The van der Waals surface area contributed by atoms with Crippen LogP contribution in [0.3, 0.4) is 0 Å². The minimum Gasteiger partial charge on any atom is -0.392 e. The highest BCUT2D eigenvalue weighted by Crippen LogP contribution is 2.33. The van der Waals surface area contributed by atoms with Gasteiger partial charge in [-0.15, -0.1) is 0 Å². The van der Waals surface area contributed by atoms with Crippen molar-refractivity contribution in [1.82, 2.24) is 0 Å². The lowest BCUT2D eigenvalue weighted by Gasteiger charge is -2.06. The van der Waals surface area contributed by atoms with Crippen LogP contribution >= 0.6 is 11.8 Å². The maximum Gasteiger partial charge on any atom is 0.0658 e. The van der Waals surface area contributed by atoms with E-state index in [-0.39, 0.29) is 6.10 Å². The third kappa shape index (κ3) is 2.93. The van der Waals surface area contributed by atoms with Crippen molar-refractivity contribution in [2.75, 3.05) is 11.5 Å². The Bertz CT molecular complexity index is 91.3. The second-order valence-electron chi connectivity index (χ2n) is 2.98. The van der Waals surface area contributed by atoms with Crippen LogP contribution in [-0.2, 0) is 0 Å². The van der Waals surface area contributed by atoms with Gasteiger partial charge in [0.15, 0.2) is 0 Å². The third-order valence-electron chi connectivity index (χ3n) is 1.80. The lowest BCUT2D eigenvalue weighted by atomic mass is 10.3. The molecule has 1 fully saturated rings. The van der Waals surface area contributed by atoms with Gasteiger partial charge in [-0.1, -0.05) is 6.92 Å². The summed E-state index contributed by atoms with van der Waals surface area (Å²) in [5, 5.41) is 9.39. The minimum atomic E-state index is -0.00319. The second-order valence-corrected chi connectivity index (χ2v) is 4.13. The molecule has 0 heterocycles. The number of thioether (sulfide) groups is 1. The van der Waals surface area contributed by atoms with Gasteiger partial charge in [-0.05, 0) is 30.9 Å². The Hall–Kier alpha value is 0.310. The zero-order chi connectivity index (χ0) is 7.40. The second kappa shape index (κ2) is 4.24. The first kappa shape index (κ1) is 8.41. The summed E-state index contributed by atoms with van der Waals surface area (Å²) in [6, 6.07) is 0. The van der Waals surface area contributed by atoms with Crippen LogP contribution < -0.4 is 0 Å². The van der Waals surface area contributed by atoms with Crippen LogP contribution in [0.2, 0.25) is 0 Å². The minimum absolute atomic E-state index is 0.00319. The van der Waals surface area contributed by atoms with Crippen LogP contribution in [-0.4, -0.2) is 22.7 Å². The van der Waals surface area contributed by atoms with Crippen LogP contribution in [0.15, 0.2) is 0 Å². The van der Waals surface area contributed by atoms with Crippen LogP contribution in [0.1, 0.15) is 26.2 Å². The molecule has 1 N–H and O–H groups in total. The molecule has 0 bridgehead atoms. The fourth-order valence-corrected chi connectivity index (χ4v) is 1.93. The average molecular weight is 160 g/mol. The standard InChI is InChI=1S/C8H16OS/c1-2-5-10-6-8(9)7-3-4-7/h7-9H,2-6H2,1H3. The van der Waals surface area contributed by atoms with Crippen molar-refractivity contribution in [2.24, 2.45) is 5.92 Å². The number of aliphatic hydroxyl groups excluding tert-OH is 1. The van der Waals surface area contributed by atoms with Gasteiger partial charge in [0, 0.05) is 5.75 Å². The molecule has 2 heteroatoms. The smallest absolute Gasteiger partial charge is 0.0658 e. The third-order valence-corrected chi connectivity index (χ3v) is 3.08. The van der Waals surface area contributed by atoms with E-state index in [0.29, 0.717) is 5.92 Å². The molecule has 0 spiro atoms. The Balaban J connectivity index is 1.90. The van der Waals surface area contributed by atoms with Crippen LogP contribution in [0.25, 0.3) is 0 Å². The fraction of sp³-hybridized carbons (Fsp3) is 1.00. The first-order valence-corrected chi connectivity index (χ1v) is 5.26. The van der Waals surface area contributed by atoms with E-state index >= 15 is 0 Å². The Kier molecular flexibility index (Phi) is 3.57. The van der Waals surface area contributed by atoms with Crippen LogP contribution in [0, 0.1) is 5.92 Å². The Morgan fingerprint density at radius 2 is 2.30 bits per heavy atom. The van der Waals surface area contributed by atoms with Crippen molar-refractivity contribution in [3.05, 3.63) is 0 Å². The summed E-state index contributed by atoms with van der Waals surface area (Å²) < 4.78 is 0. The molecule has 0 saturated heterocycles. The van der Waals surface area contributed by atoms with Gasteiger partial charge < -0.3 is 5.11 Å². The highest BCUT2D eigenvalue weighted by molar-refractivity contribution is 7.99. The quantitative estimate of drug-likeness (QED) is 0.620. The average Bonchev–Trinajstić information content (AvgIpc) is 2.69. The molecule has 0 aromatic heterocycles. The molecular formula is C8H16OS.